The smallest absolute Gasteiger partial charge is 0.191 e. The number of aliphatic imine (C=N–C) groups is 1. The van der Waals surface area contributed by atoms with E-state index in [0.717, 1.165) is 23.3 Å². The van der Waals surface area contributed by atoms with E-state index in [1.165, 1.54) is 19.3 Å². The van der Waals surface area contributed by atoms with Crippen LogP contribution in [0.5, 0.6) is 0 Å². The van der Waals surface area contributed by atoms with Gasteiger partial charge in [0.2, 0.25) is 0 Å². The summed E-state index contributed by atoms with van der Waals surface area (Å²) in [5.74, 6) is 0.843. The molecular weight excluding hydrogens is 258 g/mol. The zero-order valence-corrected chi connectivity index (χ0v) is 13.2. The molecule has 0 unspecified atom stereocenters. The average Bonchev–Trinajstić information content (AvgIpc) is 2.87. The van der Waals surface area contributed by atoms with Crippen molar-refractivity contribution >= 4 is 22.4 Å². The van der Waals surface area contributed by atoms with Gasteiger partial charge in [0.15, 0.2) is 11.1 Å². The second-order valence-corrected chi connectivity index (χ2v) is 5.41. The van der Waals surface area contributed by atoms with Crippen LogP contribution in [0.2, 0.25) is 0 Å². The van der Waals surface area contributed by atoms with E-state index in [4.69, 9.17) is 0 Å². The van der Waals surface area contributed by atoms with Gasteiger partial charge in [-0.05, 0) is 6.42 Å². The van der Waals surface area contributed by atoms with Crippen molar-refractivity contribution in [3.8, 4) is 0 Å². The summed E-state index contributed by atoms with van der Waals surface area (Å²) in [6.07, 6.45) is 3.67. The van der Waals surface area contributed by atoms with Crippen LogP contribution >= 0.6 is 11.3 Å². The van der Waals surface area contributed by atoms with Gasteiger partial charge < -0.3 is 15.5 Å². The maximum atomic E-state index is 4.52. The van der Waals surface area contributed by atoms with E-state index in [0.29, 0.717) is 6.54 Å². The minimum Gasteiger partial charge on any atom is -0.356 e. The number of thiazole rings is 1. The SMILES string of the molecule is CCCCCNC(=NC)NCc1csc(N(C)C)n1. The number of aromatic nitrogens is 1. The third-order valence-corrected chi connectivity index (χ3v) is 3.71. The van der Waals surface area contributed by atoms with Crippen molar-refractivity contribution < 1.29 is 0 Å². The van der Waals surface area contributed by atoms with Crippen molar-refractivity contribution in [2.75, 3.05) is 32.6 Å². The first kappa shape index (κ1) is 15.8. The van der Waals surface area contributed by atoms with Crippen LogP contribution in [0.3, 0.4) is 0 Å². The molecule has 0 bridgehead atoms. The average molecular weight is 283 g/mol. The fourth-order valence-corrected chi connectivity index (χ4v) is 2.32. The molecule has 0 amide bonds. The quantitative estimate of drug-likeness (QED) is 0.457. The van der Waals surface area contributed by atoms with Gasteiger partial charge in [-0.25, -0.2) is 4.98 Å². The Kier molecular flexibility index (Phi) is 7.25. The van der Waals surface area contributed by atoms with E-state index in [1.807, 2.05) is 19.0 Å². The summed E-state index contributed by atoms with van der Waals surface area (Å²) in [6, 6.07) is 0. The Morgan fingerprint density at radius 3 is 2.74 bits per heavy atom. The first-order valence-electron chi connectivity index (χ1n) is 6.73. The van der Waals surface area contributed by atoms with Crippen molar-refractivity contribution in [3.05, 3.63) is 11.1 Å². The summed E-state index contributed by atoms with van der Waals surface area (Å²) < 4.78 is 0. The summed E-state index contributed by atoms with van der Waals surface area (Å²) in [7, 11) is 5.80. The molecule has 1 heterocycles. The highest BCUT2D eigenvalue weighted by Crippen LogP contribution is 2.17. The van der Waals surface area contributed by atoms with E-state index >= 15 is 0 Å². The molecule has 1 aromatic heterocycles. The van der Waals surface area contributed by atoms with E-state index in [-0.39, 0.29) is 0 Å². The first-order chi connectivity index (χ1) is 9.17. The van der Waals surface area contributed by atoms with Gasteiger partial charge in [-0.2, -0.15) is 0 Å². The predicted octanol–water partition coefficient (Wildman–Crippen LogP) is 2.06. The topological polar surface area (TPSA) is 52.6 Å². The van der Waals surface area contributed by atoms with E-state index in [2.05, 4.69) is 32.9 Å². The molecule has 0 fully saturated rings. The van der Waals surface area contributed by atoms with Crippen molar-refractivity contribution in [3.63, 3.8) is 0 Å². The standard InChI is InChI=1S/C13H25N5S/c1-5-6-7-8-15-12(14-2)16-9-11-10-19-13(17-11)18(3)4/h10H,5-9H2,1-4H3,(H2,14,15,16). The summed E-state index contributed by atoms with van der Waals surface area (Å²) >= 11 is 1.66. The van der Waals surface area contributed by atoms with Crippen molar-refractivity contribution in [1.29, 1.82) is 0 Å². The Bertz CT molecular complexity index is 386. The monoisotopic (exact) mass is 283 g/mol. The molecule has 6 heteroatoms. The molecule has 0 atom stereocenters. The van der Waals surface area contributed by atoms with Gasteiger partial charge in [-0.3, -0.25) is 4.99 Å². The Balaban J connectivity index is 2.32. The molecule has 0 radical (unpaired) electrons. The number of nitrogens with zero attached hydrogens (tertiary/aromatic N) is 3. The van der Waals surface area contributed by atoms with Gasteiger partial charge in [0.05, 0.1) is 12.2 Å². The highest BCUT2D eigenvalue weighted by Gasteiger charge is 2.04. The third kappa shape index (κ3) is 5.92. The molecule has 108 valence electrons. The summed E-state index contributed by atoms with van der Waals surface area (Å²) in [5, 5.41) is 9.69. The number of guanidine groups is 1. The van der Waals surface area contributed by atoms with Gasteiger partial charge >= 0.3 is 0 Å². The Labute approximate surface area is 120 Å². The zero-order valence-electron chi connectivity index (χ0n) is 12.4. The lowest BCUT2D eigenvalue weighted by atomic mass is 10.2. The van der Waals surface area contributed by atoms with Gasteiger partial charge in [0.25, 0.3) is 0 Å². The molecule has 0 aliphatic heterocycles. The van der Waals surface area contributed by atoms with Crippen LogP contribution in [0, 0.1) is 0 Å². The van der Waals surface area contributed by atoms with Crippen LogP contribution in [0.4, 0.5) is 5.13 Å². The summed E-state index contributed by atoms with van der Waals surface area (Å²) in [6.45, 7) is 3.88. The number of hydrogen-bond donors (Lipinski definition) is 2. The van der Waals surface area contributed by atoms with Crippen molar-refractivity contribution in [2.45, 2.75) is 32.7 Å². The van der Waals surface area contributed by atoms with E-state index in [1.54, 1.807) is 18.4 Å². The molecule has 19 heavy (non-hydrogen) atoms. The van der Waals surface area contributed by atoms with Crippen molar-refractivity contribution in [2.24, 2.45) is 4.99 Å². The van der Waals surface area contributed by atoms with Crippen LogP contribution in [-0.4, -0.2) is 38.6 Å². The van der Waals surface area contributed by atoms with E-state index in [9.17, 15) is 0 Å². The highest BCUT2D eigenvalue weighted by atomic mass is 32.1. The molecule has 0 saturated carbocycles. The predicted molar refractivity (Wildman–Crippen MR) is 84.2 cm³/mol. The molecule has 1 rings (SSSR count). The van der Waals surface area contributed by atoms with Crippen LogP contribution in [0.25, 0.3) is 0 Å². The van der Waals surface area contributed by atoms with Crippen LogP contribution < -0.4 is 15.5 Å². The summed E-state index contributed by atoms with van der Waals surface area (Å²) in [5.41, 5.74) is 1.05. The molecule has 2 N–H and O–H groups in total. The fourth-order valence-electron chi connectivity index (χ4n) is 1.56. The Hall–Kier alpha value is -1.30. The van der Waals surface area contributed by atoms with Gasteiger partial charge in [0.1, 0.15) is 0 Å². The minimum atomic E-state index is 0.706. The summed E-state index contributed by atoms with van der Waals surface area (Å²) in [4.78, 5) is 10.7. The fraction of sp³-hybridized carbons (Fsp3) is 0.692. The Morgan fingerprint density at radius 1 is 1.37 bits per heavy atom. The highest BCUT2D eigenvalue weighted by molar-refractivity contribution is 7.13. The number of rotatable bonds is 7. The number of unbranched alkanes of at least 4 members (excludes halogenated alkanes) is 2. The number of nitrogens with one attached hydrogen (secondary N) is 2. The molecule has 0 aromatic carbocycles. The van der Waals surface area contributed by atoms with Crippen molar-refractivity contribution in [1.82, 2.24) is 15.6 Å². The maximum absolute atomic E-state index is 4.52. The molecule has 0 aliphatic rings. The number of anilines is 1. The third-order valence-electron chi connectivity index (χ3n) is 2.66. The zero-order chi connectivity index (χ0) is 14.1. The van der Waals surface area contributed by atoms with Gasteiger partial charge in [0, 0.05) is 33.1 Å². The second-order valence-electron chi connectivity index (χ2n) is 4.58. The molecule has 0 saturated heterocycles. The lowest BCUT2D eigenvalue weighted by molar-refractivity contribution is 0.682. The van der Waals surface area contributed by atoms with Gasteiger partial charge in [-0.15, -0.1) is 11.3 Å². The van der Waals surface area contributed by atoms with E-state index < -0.39 is 0 Å². The minimum absolute atomic E-state index is 0.706. The lowest BCUT2D eigenvalue weighted by Crippen LogP contribution is -2.37. The van der Waals surface area contributed by atoms with Crippen LogP contribution in [-0.2, 0) is 6.54 Å². The maximum Gasteiger partial charge on any atom is 0.191 e. The Morgan fingerprint density at radius 2 is 2.16 bits per heavy atom. The molecule has 5 nitrogen and oxygen atoms in total. The van der Waals surface area contributed by atoms with Crippen LogP contribution in [0.15, 0.2) is 10.4 Å². The first-order valence-corrected chi connectivity index (χ1v) is 7.61. The molecule has 0 spiro atoms. The van der Waals surface area contributed by atoms with Crippen LogP contribution in [0.1, 0.15) is 31.9 Å². The van der Waals surface area contributed by atoms with Gasteiger partial charge in [-0.1, -0.05) is 19.8 Å². The molecular formula is C13H25N5S. The largest absolute Gasteiger partial charge is 0.356 e. The molecule has 1 aromatic rings. The lowest BCUT2D eigenvalue weighted by Gasteiger charge is -2.10. The normalized spacial score (nSPS) is 11.5. The number of hydrogen-bond acceptors (Lipinski definition) is 4. The molecule has 0 aliphatic carbocycles. The second kappa shape index (κ2) is 8.74.